The van der Waals surface area contributed by atoms with E-state index in [0.29, 0.717) is 5.69 Å². The Morgan fingerprint density at radius 2 is 1.24 bits per heavy atom. The molecule has 0 fully saturated rings. The lowest BCUT2D eigenvalue weighted by Gasteiger charge is -2.11. The van der Waals surface area contributed by atoms with Crippen LogP contribution in [0, 0.1) is 6.92 Å². The van der Waals surface area contributed by atoms with Gasteiger partial charge in [-0.15, -0.1) is 0 Å². The molecule has 4 heteroatoms. The first kappa shape index (κ1) is 20.5. The summed E-state index contributed by atoms with van der Waals surface area (Å²) in [7, 11) is 0. The van der Waals surface area contributed by atoms with Crippen molar-refractivity contribution in [1.29, 1.82) is 0 Å². The van der Waals surface area contributed by atoms with Gasteiger partial charge in [-0.25, -0.2) is 4.68 Å². The number of carbonyl (C=O) groups is 1. The van der Waals surface area contributed by atoms with Gasteiger partial charge >= 0.3 is 0 Å². The van der Waals surface area contributed by atoms with Crippen LogP contribution in [0.25, 0.3) is 28.1 Å². The number of nitrogens with one attached hydrogen (secondary N) is 1. The van der Waals surface area contributed by atoms with Crippen LogP contribution in [0.5, 0.6) is 0 Å². The van der Waals surface area contributed by atoms with Crippen LogP contribution in [0.4, 0.5) is 5.69 Å². The van der Waals surface area contributed by atoms with Crippen molar-refractivity contribution in [2.45, 2.75) is 6.92 Å². The van der Waals surface area contributed by atoms with Gasteiger partial charge in [-0.3, -0.25) is 4.79 Å². The van der Waals surface area contributed by atoms with Crippen LogP contribution >= 0.6 is 0 Å². The maximum Gasteiger partial charge on any atom is 0.275 e. The van der Waals surface area contributed by atoms with Gasteiger partial charge in [-0.05, 0) is 36.8 Å². The second-order valence-electron chi connectivity index (χ2n) is 7.87. The van der Waals surface area contributed by atoms with Gasteiger partial charge < -0.3 is 5.32 Å². The zero-order chi connectivity index (χ0) is 22.6. The minimum Gasteiger partial charge on any atom is -0.321 e. The third kappa shape index (κ3) is 4.19. The summed E-state index contributed by atoms with van der Waals surface area (Å²) in [5, 5.41) is 8.03. The molecule has 0 spiro atoms. The third-order valence-corrected chi connectivity index (χ3v) is 5.52. The van der Waals surface area contributed by atoms with Crippen molar-refractivity contribution >= 4 is 11.6 Å². The number of hydrogen-bond donors (Lipinski definition) is 1. The largest absolute Gasteiger partial charge is 0.321 e. The second-order valence-corrected chi connectivity index (χ2v) is 7.87. The van der Waals surface area contributed by atoms with Gasteiger partial charge in [0.1, 0.15) is 11.4 Å². The number of anilines is 1. The standard InChI is InChI=1S/C29H23N3O/c1-21-17-19-24(20-18-21)30-29(33)28-26(22-11-5-2-6-12-22)27(23-13-7-3-8-14-23)31-32(28)25-15-9-4-10-16-25/h2-20H,1H3,(H,30,33). The summed E-state index contributed by atoms with van der Waals surface area (Å²) in [6.07, 6.45) is 0. The average molecular weight is 430 g/mol. The zero-order valence-electron chi connectivity index (χ0n) is 18.3. The molecule has 5 rings (SSSR count). The Morgan fingerprint density at radius 1 is 0.697 bits per heavy atom. The van der Waals surface area contributed by atoms with Crippen LogP contribution in [-0.2, 0) is 0 Å². The minimum atomic E-state index is -0.212. The number of benzene rings is 4. The molecule has 0 unspecified atom stereocenters. The van der Waals surface area contributed by atoms with Crippen LogP contribution in [0.2, 0.25) is 0 Å². The molecular weight excluding hydrogens is 406 g/mol. The second kappa shape index (κ2) is 8.97. The molecule has 0 aliphatic heterocycles. The van der Waals surface area contributed by atoms with Crippen molar-refractivity contribution in [3.8, 4) is 28.1 Å². The number of nitrogens with zero attached hydrogens (tertiary/aromatic N) is 2. The molecule has 33 heavy (non-hydrogen) atoms. The van der Waals surface area contributed by atoms with Crippen molar-refractivity contribution in [3.05, 3.63) is 127 Å². The van der Waals surface area contributed by atoms with Crippen molar-refractivity contribution in [2.75, 3.05) is 5.32 Å². The zero-order valence-corrected chi connectivity index (χ0v) is 18.3. The normalized spacial score (nSPS) is 10.7. The number of hydrogen-bond acceptors (Lipinski definition) is 2. The van der Waals surface area contributed by atoms with Crippen LogP contribution in [-0.4, -0.2) is 15.7 Å². The Bertz CT molecular complexity index is 1370. The Kier molecular flexibility index (Phi) is 5.56. The van der Waals surface area contributed by atoms with Gasteiger partial charge in [0, 0.05) is 16.8 Å². The fraction of sp³-hybridized carbons (Fsp3) is 0.0345. The highest BCUT2D eigenvalue weighted by molar-refractivity contribution is 6.10. The molecule has 0 radical (unpaired) electrons. The molecule has 1 N–H and O–H groups in total. The van der Waals surface area contributed by atoms with E-state index in [0.717, 1.165) is 39.3 Å². The molecule has 5 aromatic rings. The summed E-state index contributed by atoms with van der Waals surface area (Å²) in [6, 6.07) is 37.5. The molecule has 0 atom stereocenters. The number of rotatable bonds is 5. The molecular formula is C29H23N3O. The molecule has 0 saturated carbocycles. The first-order chi connectivity index (χ1) is 16.2. The predicted molar refractivity (Wildman–Crippen MR) is 134 cm³/mol. The molecule has 1 aromatic heterocycles. The lowest BCUT2D eigenvalue weighted by atomic mass is 9.98. The van der Waals surface area contributed by atoms with E-state index in [-0.39, 0.29) is 5.91 Å². The van der Waals surface area contributed by atoms with Crippen LogP contribution < -0.4 is 5.32 Å². The van der Waals surface area contributed by atoms with Crippen LogP contribution in [0.3, 0.4) is 0 Å². The Labute approximate surface area is 193 Å². The molecule has 0 aliphatic carbocycles. The van der Waals surface area contributed by atoms with Gasteiger partial charge in [0.15, 0.2) is 0 Å². The Balaban J connectivity index is 1.75. The topological polar surface area (TPSA) is 46.9 Å². The fourth-order valence-electron chi connectivity index (χ4n) is 3.89. The minimum absolute atomic E-state index is 0.212. The molecule has 4 nitrogen and oxygen atoms in total. The average Bonchev–Trinajstić information content (AvgIpc) is 3.28. The quantitative estimate of drug-likeness (QED) is 0.335. The molecule has 160 valence electrons. The number of carbonyl (C=O) groups excluding carboxylic acids is 1. The maximum absolute atomic E-state index is 13.8. The summed E-state index contributed by atoms with van der Waals surface area (Å²) in [4.78, 5) is 13.8. The summed E-state index contributed by atoms with van der Waals surface area (Å²) >= 11 is 0. The van der Waals surface area contributed by atoms with Gasteiger partial charge in [0.2, 0.25) is 0 Å². The number of para-hydroxylation sites is 1. The third-order valence-electron chi connectivity index (χ3n) is 5.52. The lowest BCUT2D eigenvalue weighted by Crippen LogP contribution is -2.18. The van der Waals surface area contributed by atoms with E-state index < -0.39 is 0 Å². The molecule has 0 aliphatic rings. The Hall–Kier alpha value is -4.44. The molecule has 1 heterocycles. The van der Waals surface area contributed by atoms with E-state index in [2.05, 4.69) is 5.32 Å². The van der Waals surface area contributed by atoms with Crippen LogP contribution in [0.1, 0.15) is 16.1 Å². The highest BCUT2D eigenvalue weighted by atomic mass is 16.2. The van der Waals surface area contributed by atoms with Crippen molar-refractivity contribution in [1.82, 2.24) is 9.78 Å². The van der Waals surface area contributed by atoms with Crippen molar-refractivity contribution in [3.63, 3.8) is 0 Å². The summed E-state index contributed by atoms with van der Waals surface area (Å²) in [5.41, 5.74) is 6.65. The van der Waals surface area contributed by atoms with Crippen molar-refractivity contribution in [2.24, 2.45) is 0 Å². The van der Waals surface area contributed by atoms with E-state index in [4.69, 9.17) is 5.10 Å². The Morgan fingerprint density at radius 3 is 1.85 bits per heavy atom. The molecule has 4 aromatic carbocycles. The van der Waals surface area contributed by atoms with E-state index in [9.17, 15) is 4.79 Å². The highest BCUT2D eigenvalue weighted by Crippen LogP contribution is 2.36. The fourth-order valence-corrected chi connectivity index (χ4v) is 3.89. The number of aryl methyl sites for hydroxylation is 1. The smallest absolute Gasteiger partial charge is 0.275 e. The number of amides is 1. The summed E-state index contributed by atoms with van der Waals surface area (Å²) in [5.74, 6) is -0.212. The number of aromatic nitrogens is 2. The summed E-state index contributed by atoms with van der Waals surface area (Å²) < 4.78 is 1.74. The maximum atomic E-state index is 13.8. The molecule has 0 bridgehead atoms. The van der Waals surface area contributed by atoms with Gasteiger partial charge in [-0.1, -0.05) is 96.6 Å². The molecule has 1 amide bonds. The van der Waals surface area contributed by atoms with Crippen LogP contribution in [0.15, 0.2) is 115 Å². The van der Waals surface area contributed by atoms with E-state index in [1.54, 1.807) is 4.68 Å². The van der Waals surface area contributed by atoms with E-state index in [1.165, 1.54) is 0 Å². The molecule has 0 saturated heterocycles. The van der Waals surface area contributed by atoms with Gasteiger partial charge in [-0.2, -0.15) is 5.10 Å². The summed E-state index contributed by atoms with van der Waals surface area (Å²) in [6.45, 7) is 2.02. The monoisotopic (exact) mass is 429 g/mol. The first-order valence-corrected chi connectivity index (χ1v) is 10.9. The lowest BCUT2D eigenvalue weighted by molar-refractivity contribution is 0.102. The highest BCUT2D eigenvalue weighted by Gasteiger charge is 2.26. The van der Waals surface area contributed by atoms with E-state index in [1.807, 2.05) is 122 Å². The first-order valence-electron chi connectivity index (χ1n) is 10.9. The van der Waals surface area contributed by atoms with Crippen molar-refractivity contribution < 1.29 is 4.79 Å². The van der Waals surface area contributed by atoms with Gasteiger partial charge in [0.25, 0.3) is 5.91 Å². The van der Waals surface area contributed by atoms with E-state index >= 15 is 0 Å². The predicted octanol–water partition coefficient (Wildman–Crippen LogP) is 6.77. The van der Waals surface area contributed by atoms with Gasteiger partial charge in [0.05, 0.1) is 5.69 Å². The SMILES string of the molecule is Cc1ccc(NC(=O)c2c(-c3ccccc3)c(-c3ccccc3)nn2-c2ccccc2)cc1.